The van der Waals surface area contributed by atoms with Gasteiger partial charge in [-0.1, -0.05) is 6.07 Å². The molecule has 148 valence electrons. The second kappa shape index (κ2) is 7.98. The average molecular weight is 383 g/mol. The van der Waals surface area contributed by atoms with Crippen molar-refractivity contribution >= 4 is 17.0 Å². The van der Waals surface area contributed by atoms with Crippen LogP contribution in [0, 0.1) is 12.8 Å². The number of hydrogen-bond donors (Lipinski definition) is 3. The van der Waals surface area contributed by atoms with Crippen LogP contribution in [0.2, 0.25) is 0 Å². The molecule has 3 aromatic rings. The van der Waals surface area contributed by atoms with E-state index in [9.17, 15) is 19.8 Å². The number of pyridine rings is 1. The van der Waals surface area contributed by atoms with Gasteiger partial charge in [0.1, 0.15) is 5.82 Å². The van der Waals surface area contributed by atoms with E-state index in [1.54, 1.807) is 13.1 Å². The van der Waals surface area contributed by atoms with E-state index in [0.29, 0.717) is 18.4 Å². The summed E-state index contributed by atoms with van der Waals surface area (Å²) in [5, 5.41) is 18.9. The Kier molecular flexibility index (Phi) is 5.65. The molecule has 0 amide bonds. The maximum absolute atomic E-state index is 11.7. The van der Waals surface area contributed by atoms with Gasteiger partial charge in [-0.05, 0) is 57.4 Å². The summed E-state index contributed by atoms with van der Waals surface area (Å²) in [5.74, 6) is -0.993. The van der Waals surface area contributed by atoms with Gasteiger partial charge in [0.2, 0.25) is 0 Å². The Labute approximate surface area is 162 Å². The number of H-pyrrole nitrogens is 1. The first kappa shape index (κ1) is 19.8. The SMILES string of the molecule is CCn1c(-c2c[nH]c(=O)c(C)c2)nc2cc(CC[C@H](C(=O)O)[C@@H](C)O)ccc21. The molecular weight excluding hydrogens is 358 g/mol. The molecule has 2 atom stereocenters. The van der Waals surface area contributed by atoms with E-state index in [4.69, 9.17) is 4.98 Å². The van der Waals surface area contributed by atoms with Crippen LogP contribution in [0.1, 0.15) is 31.4 Å². The highest BCUT2D eigenvalue weighted by Crippen LogP contribution is 2.26. The van der Waals surface area contributed by atoms with Crippen molar-refractivity contribution in [2.45, 2.75) is 46.3 Å². The Morgan fingerprint density at radius 2 is 2.07 bits per heavy atom. The lowest BCUT2D eigenvalue weighted by Crippen LogP contribution is -2.26. The molecule has 7 heteroatoms. The molecule has 0 aliphatic carbocycles. The lowest BCUT2D eigenvalue weighted by atomic mass is 9.95. The highest BCUT2D eigenvalue weighted by Gasteiger charge is 2.22. The van der Waals surface area contributed by atoms with Crippen LogP contribution >= 0.6 is 0 Å². The predicted octanol–water partition coefficient (Wildman–Crippen LogP) is 2.73. The summed E-state index contributed by atoms with van der Waals surface area (Å²) in [5.41, 5.74) is 4.14. The zero-order chi connectivity index (χ0) is 20.4. The van der Waals surface area contributed by atoms with Crippen LogP contribution in [0.4, 0.5) is 0 Å². The van der Waals surface area contributed by atoms with Crippen molar-refractivity contribution in [1.82, 2.24) is 14.5 Å². The molecule has 2 aromatic heterocycles. The van der Waals surface area contributed by atoms with E-state index < -0.39 is 18.0 Å². The Balaban J connectivity index is 1.95. The third-order valence-corrected chi connectivity index (χ3v) is 5.12. The summed E-state index contributed by atoms with van der Waals surface area (Å²) in [6, 6.07) is 7.75. The van der Waals surface area contributed by atoms with Crippen molar-refractivity contribution in [3.05, 3.63) is 51.9 Å². The number of aliphatic hydroxyl groups excluding tert-OH is 1. The van der Waals surface area contributed by atoms with Crippen LogP contribution in [0.25, 0.3) is 22.4 Å². The van der Waals surface area contributed by atoms with Crippen LogP contribution in [0.15, 0.2) is 35.3 Å². The average Bonchev–Trinajstić information content (AvgIpc) is 3.01. The van der Waals surface area contributed by atoms with Crippen molar-refractivity contribution in [2.24, 2.45) is 5.92 Å². The molecule has 0 saturated heterocycles. The van der Waals surface area contributed by atoms with Crippen LogP contribution in [0.5, 0.6) is 0 Å². The molecule has 7 nitrogen and oxygen atoms in total. The minimum Gasteiger partial charge on any atom is -0.481 e. The summed E-state index contributed by atoms with van der Waals surface area (Å²) in [4.78, 5) is 30.4. The Morgan fingerprint density at radius 3 is 2.68 bits per heavy atom. The number of imidazole rings is 1. The molecule has 0 saturated carbocycles. The molecular formula is C21H25N3O4. The molecule has 0 bridgehead atoms. The van der Waals surface area contributed by atoms with Gasteiger partial charge in [0.15, 0.2) is 0 Å². The van der Waals surface area contributed by atoms with E-state index in [1.165, 1.54) is 6.92 Å². The third-order valence-electron chi connectivity index (χ3n) is 5.12. The van der Waals surface area contributed by atoms with Gasteiger partial charge in [-0.25, -0.2) is 4.98 Å². The number of carboxylic acid groups (broad SMARTS) is 1. The molecule has 0 spiro atoms. The molecule has 0 aliphatic heterocycles. The number of carbonyl (C=O) groups is 1. The second-order valence-corrected chi connectivity index (χ2v) is 7.13. The summed E-state index contributed by atoms with van der Waals surface area (Å²) < 4.78 is 2.09. The smallest absolute Gasteiger partial charge is 0.309 e. The van der Waals surface area contributed by atoms with Crippen molar-refractivity contribution in [2.75, 3.05) is 0 Å². The molecule has 3 rings (SSSR count). The number of aryl methyl sites for hydroxylation is 3. The van der Waals surface area contributed by atoms with Crippen molar-refractivity contribution < 1.29 is 15.0 Å². The molecule has 2 heterocycles. The van der Waals surface area contributed by atoms with Gasteiger partial charge in [-0.2, -0.15) is 0 Å². The first-order valence-electron chi connectivity index (χ1n) is 9.41. The molecule has 1 aromatic carbocycles. The monoisotopic (exact) mass is 383 g/mol. The zero-order valence-corrected chi connectivity index (χ0v) is 16.3. The maximum Gasteiger partial charge on any atom is 0.309 e. The van der Waals surface area contributed by atoms with E-state index in [-0.39, 0.29) is 5.56 Å². The number of aliphatic hydroxyl groups is 1. The number of rotatable bonds is 7. The summed E-state index contributed by atoms with van der Waals surface area (Å²) >= 11 is 0. The number of aliphatic carboxylic acids is 1. The number of carboxylic acids is 1. The molecule has 0 aliphatic rings. The number of benzene rings is 1. The van der Waals surface area contributed by atoms with Gasteiger partial charge in [0.05, 0.1) is 23.1 Å². The Morgan fingerprint density at radius 1 is 1.32 bits per heavy atom. The van der Waals surface area contributed by atoms with Crippen LogP contribution in [-0.4, -0.2) is 36.8 Å². The van der Waals surface area contributed by atoms with Crippen LogP contribution < -0.4 is 5.56 Å². The highest BCUT2D eigenvalue weighted by atomic mass is 16.4. The molecule has 3 N–H and O–H groups in total. The fourth-order valence-corrected chi connectivity index (χ4v) is 3.49. The maximum atomic E-state index is 11.7. The molecule has 28 heavy (non-hydrogen) atoms. The lowest BCUT2D eigenvalue weighted by molar-refractivity contribution is -0.145. The van der Waals surface area contributed by atoms with Crippen molar-refractivity contribution in [3.63, 3.8) is 0 Å². The normalized spacial score (nSPS) is 13.6. The number of aromatic amines is 1. The highest BCUT2D eigenvalue weighted by molar-refractivity contribution is 5.81. The topological polar surface area (TPSA) is 108 Å². The molecule has 0 unspecified atom stereocenters. The zero-order valence-electron chi connectivity index (χ0n) is 16.3. The fraction of sp³-hybridized carbons (Fsp3) is 0.381. The standard InChI is InChI=1S/C21H25N3O4/c1-4-24-18-8-6-14(5-7-16(13(3)25)21(27)28)10-17(18)23-19(24)15-9-12(2)20(26)22-11-15/h6,8-11,13,16,25H,4-5,7H2,1-3H3,(H,22,26)(H,27,28)/t13-,16+/m1/s1. The van der Waals surface area contributed by atoms with E-state index in [1.807, 2.05) is 31.2 Å². The quantitative estimate of drug-likeness (QED) is 0.581. The minimum atomic E-state index is -0.984. The van der Waals surface area contributed by atoms with Gasteiger partial charge in [0.25, 0.3) is 5.56 Å². The third kappa shape index (κ3) is 3.84. The van der Waals surface area contributed by atoms with Gasteiger partial charge in [0, 0.05) is 23.9 Å². The minimum absolute atomic E-state index is 0.115. The van der Waals surface area contributed by atoms with Crippen molar-refractivity contribution in [3.8, 4) is 11.4 Å². The largest absolute Gasteiger partial charge is 0.481 e. The van der Waals surface area contributed by atoms with Gasteiger partial charge < -0.3 is 19.8 Å². The molecule has 0 radical (unpaired) electrons. The van der Waals surface area contributed by atoms with Gasteiger partial charge in [-0.3, -0.25) is 9.59 Å². The Hall–Kier alpha value is -2.93. The first-order valence-corrected chi connectivity index (χ1v) is 9.41. The van der Waals surface area contributed by atoms with Gasteiger partial charge >= 0.3 is 5.97 Å². The Bertz CT molecular complexity index is 1070. The van der Waals surface area contributed by atoms with Crippen LogP contribution in [-0.2, 0) is 17.8 Å². The van der Waals surface area contributed by atoms with Gasteiger partial charge in [-0.15, -0.1) is 0 Å². The summed E-state index contributed by atoms with van der Waals surface area (Å²) in [6.45, 7) is 6.04. The predicted molar refractivity (Wildman–Crippen MR) is 107 cm³/mol. The number of fused-ring (bicyclic) bond motifs is 1. The number of hydrogen-bond acceptors (Lipinski definition) is 4. The van der Waals surface area contributed by atoms with Crippen molar-refractivity contribution in [1.29, 1.82) is 0 Å². The molecule has 0 fully saturated rings. The number of nitrogens with one attached hydrogen (secondary N) is 1. The number of aromatic nitrogens is 3. The second-order valence-electron chi connectivity index (χ2n) is 7.13. The van der Waals surface area contributed by atoms with E-state index >= 15 is 0 Å². The van der Waals surface area contributed by atoms with E-state index in [2.05, 4.69) is 9.55 Å². The van der Waals surface area contributed by atoms with Crippen LogP contribution in [0.3, 0.4) is 0 Å². The number of nitrogens with zero attached hydrogens (tertiary/aromatic N) is 2. The summed E-state index contributed by atoms with van der Waals surface area (Å²) in [6.07, 6.45) is 1.68. The summed E-state index contributed by atoms with van der Waals surface area (Å²) in [7, 11) is 0. The lowest BCUT2D eigenvalue weighted by Gasteiger charge is -2.14. The fourth-order valence-electron chi connectivity index (χ4n) is 3.49. The van der Waals surface area contributed by atoms with E-state index in [0.717, 1.165) is 34.5 Å². The first-order chi connectivity index (χ1) is 13.3.